The number of allylic oxidation sites excluding steroid dienone is 12. The van der Waals surface area contributed by atoms with Gasteiger partial charge in [0, 0.05) is 19.3 Å². The van der Waals surface area contributed by atoms with Crippen LogP contribution in [0.3, 0.4) is 0 Å². The molecule has 0 aliphatic carbocycles. The number of carbonyl (C=O) groups excluding carboxylic acids is 3. The van der Waals surface area contributed by atoms with Gasteiger partial charge in [-0.1, -0.05) is 312 Å². The Labute approximate surface area is 503 Å². The minimum atomic E-state index is -0.786. The lowest BCUT2D eigenvalue weighted by Crippen LogP contribution is -2.30. The monoisotopic (exact) mass is 1130 g/mol. The molecule has 0 aromatic rings. The highest BCUT2D eigenvalue weighted by molar-refractivity contribution is 5.71. The summed E-state index contributed by atoms with van der Waals surface area (Å²) >= 11 is 0. The van der Waals surface area contributed by atoms with Crippen molar-refractivity contribution >= 4 is 17.9 Å². The first-order valence-corrected chi connectivity index (χ1v) is 35.4. The molecule has 0 aliphatic rings. The van der Waals surface area contributed by atoms with E-state index in [0.717, 1.165) is 103 Å². The third-order valence-electron chi connectivity index (χ3n) is 15.7. The first kappa shape index (κ1) is 77.9. The van der Waals surface area contributed by atoms with Crippen LogP contribution < -0.4 is 0 Å². The number of unbranched alkanes of at least 4 members (excludes halogenated alkanes) is 42. The Kier molecular flexibility index (Phi) is 66.6. The van der Waals surface area contributed by atoms with Gasteiger partial charge in [0.15, 0.2) is 6.10 Å². The normalized spacial score (nSPS) is 12.5. The zero-order chi connectivity index (χ0) is 58.5. The number of hydrogen-bond donors (Lipinski definition) is 0. The first-order chi connectivity index (χ1) is 40.0. The predicted octanol–water partition coefficient (Wildman–Crippen LogP) is 24.4. The van der Waals surface area contributed by atoms with Gasteiger partial charge in [0.1, 0.15) is 13.2 Å². The summed E-state index contributed by atoms with van der Waals surface area (Å²) in [7, 11) is 0. The molecule has 1 unspecified atom stereocenters. The molecule has 0 aromatic carbocycles. The van der Waals surface area contributed by atoms with Gasteiger partial charge in [-0.15, -0.1) is 0 Å². The van der Waals surface area contributed by atoms with Crippen LogP contribution in [-0.4, -0.2) is 37.2 Å². The summed E-state index contributed by atoms with van der Waals surface area (Å²) in [5.41, 5.74) is 0. The highest BCUT2D eigenvalue weighted by Gasteiger charge is 2.19. The molecule has 0 saturated heterocycles. The van der Waals surface area contributed by atoms with Crippen molar-refractivity contribution in [2.75, 3.05) is 13.2 Å². The number of ether oxygens (including phenoxy) is 3. The lowest BCUT2D eigenvalue weighted by molar-refractivity contribution is -0.167. The molecule has 0 radical (unpaired) electrons. The third-order valence-corrected chi connectivity index (χ3v) is 15.7. The summed E-state index contributed by atoms with van der Waals surface area (Å²) in [6.07, 6.45) is 90.7. The van der Waals surface area contributed by atoms with E-state index in [1.54, 1.807) is 0 Å². The molecule has 0 bridgehead atoms. The minimum absolute atomic E-state index is 0.0802. The fraction of sp³-hybridized carbons (Fsp3) is 0.800. The van der Waals surface area contributed by atoms with E-state index in [2.05, 4.69) is 93.7 Å². The fourth-order valence-corrected chi connectivity index (χ4v) is 10.4. The fourth-order valence-electron chi connectivity index (χ4n) is 10.4. The number of esters is 3. The van der Waals surface area contributed by atoms with Gasteiger partial charge in [-0.2, -0.15) is 0 Å². The van der Waals surface area contributed by atoms with Crippen LogP contribution >= 0.6 is 0 Å². The van der Waals surface area contributed by atoms with Crippen molar-refractivity contribution in [3.8, 4) is 0 Å². The Morgan fingerprint density at radius 3 is 0.765 bits per heavy atom. The Morgan fingerprint density at radius 1 is 0.259 bits per heavy atom. The van der Waals surface area contributed by atoms with Crippen LogP contribution in [0.2, 0.25) is 0 Å². The molecule has 0 fully saturated rings. The van der Waals surface area contributed by atoms with E-state index in [-0.39, 0.29) is 31.1 Å². The largest absolute Gasteiger partial charge is 0.462 e. The van der Waals surface area contributed by atoms with Gasteiger partial charge < -0.3 is 14.2 Å². The highest BCUT2D eigenvalue weighted by Crippen LogP contribution is 2.18. The SMILES string of the molecule is CC/C=C\C/C=C\C/C=C\CCCCCCCC(=O)OCC(COC(=O)CCCCCCCCCCCCCCCCC/C=C\CCCCCCCCCC)OC(=O)CCCCCCCCCCC/C=C\C/C=C\CCCCCCC. The molecule has 0 N–H and O–H groups in total. The van der Waals surface area contributed by atoms with Gasteiger partial charge in [0.2, 0.25) is 0 Å². The Hall–Kier alpha value is -3.15. The van der Waals surface area contributed by atoms with Crippen LogP contribution in [0.5, 0.6) is 0 Å². The van der Waals surface area contributed by atoms with Crippen molar-refractivity contribution in [1.29, 1.82) is 0 Å². The van der Waals surface area contributed by atoms with Crippen LogP contribution in [0, 0.1) is 0 Å². The summed E-state index contributed by atoms with van der Waals surface area (Å²) < 4.78 is 17.0. The molecule has 0 aromatic heterocycles. The molecule has 6 heteroatoms. The molecular formula is C75H134O6. The molecule has 0 rings (SSSR count). The standard InChI is InChI=1S/C75H134O6/c1-4-7-10-13-16-19-22-25-28-30-32-34-35-36-37-38-39-41-42-44-47-50-53-56-59-62-65-68-74(77)80-71-72(70-79-73(76)67-64-61-58-55-52-49-46-27-24-21-18-15-12-9-6-3)81-75(78)69-66-63-60-57-54-51-48-45-43-40-33-31-29-26-23-20-17-14-11-8-5-2/h9,12,18,21,23,26-27,30-33,46,72H,4-8,10-11,13-17,19-20,22,24-25,28-29,34-45,47-71H2,1-3H3/b12-9-,21-18-,26-23-,32-30-,33-31-,46-27-. The number of hydrogen-bond acceptors (Lipinski definition) is 6. The molecule has 81 heavy (non-hydrogen) atoms. The lowest BCUT2D eigenvalue weighted by Gasteiger charge is -2.18. The molecule has 0 heterocycles. The molecular weight excluding hydrogens is 997 g/mol. The summed E-state index contributed by atoms with van der Waals surface area (Å²) in [4.78, 5) is 38.4. The van der Waals surface area contributed by atoms with Gasteiger partial charge in [-0.05, 0) is 109 Å². The number of carbonyl (C=O) groups is 3. The van der Waals surface area contributed by atoms with Crippen LogP contribution in [0.1, 0.15) is 367 Å². The molecule has 1 atom stereocenters. The van der Waals surface area contributed by atoms with E-state index >= 15 is 0 Å². The Bertz CT molecular complexity index is 1490. The minimum Gasteiger partial charge on any atom is -0.462 e. The first-order valence-electron chi connectivity index (χ1n) is 35.4. The average Bonchev–Trinajstić information content (AvgIpc) is 3.47. The third kappa shape index (κ3) is 67.5. The summed E-state index contributed by atoms with van der Waals surface area (Å²) in [5.74, 6) is -0.882. The molecule has 470 valence electrons. The van der Waals surface area contributed by atoms with Crippen LogP contribution in [0.4, 0.5) is 0 Å². The van der Waals surface area contributed by atoms with E-state index in [4.69, 9.17) is 14.2 Å². The topological polar surface area (TPSA) is 78.9 Å². The van der Waals surface area contributed by atoms with Crippen molar-refractivity contribution in [1.82, 2.24) is 0 Å². The van der Waals surface area contributed by atoms with Crippen LogP contribution in [0.25, 0.3) is 0 Å². The van der Waals surface area contributed by atoms with E-state index in [1.807, 2.05) is 0 Å². The van der Waals surface area contributed by atoms with E-state index < -0.39 is 6.10 Å². The second-order valence-corrected chi connectivity index (χ2v) is 23.8. The zero-order valence-corrected chi connectivity index (χ0v) is 54.1. The smallest absolute Gasteiger partial charge is 0.306 e. The van der Waals surface area contributed by atoms with E-state index in [9.17, 15) is 14.4 Å². The van der Waals surface area contributed by atoms with E-state index in [1.165, 1.54) is 225 Å². The second kappa shape index (κ2) is 69.3. The average molecular weight is 1130 g/mol. The van der Waals surface area contributed by atoms with Gasteiger partial charge in [-0.3, -0.25) is 14.4 Å². The summed E-state index contributed by atoms with van der Waals surface area (Å²) in [5, 5.41) is 0. The van der Waals surface area contributed by atoms with Gasteiger partial charge in [-0.25, -0.2) is 0 Å². The van der Waals surface area contributed by atoms with Gasteiger partial charge >= 0.3 is 17.9 Å². The quantitative estimate of drug-likeness (QED) is 0.0261. The van der Waals surface area contributed by atoms with Crippen molar-refractivity contribution in [2.24, 2.45) is 0 Å². The zero-order valence-electron chi connectivity index (χ0n) is 54.1. The Balaban J connectivity index is 4.29. The lowest BCUT2D eigenvalue weighted by atomic mass is 10.0. The Morgan fingerprint density at radius 2 is 0.481 bits per heavy atom. The molecule has 0 saturated carbocycles. The predicted molar refractivity (Wildman–Crippen MR) is 353 cm³/mol. The molecule has 0 amide bonds. The summed E-state index contributed by atoms with van der Waals surface area (Å²) in [6.45, 7) is 6.55. The molecule has 6 nitrogen and oxygen atoms in total. The van der Waals surface area contributed by atoms with Crippen molar-refractivity contribution in [3.63, 3.8) is 0 Å². The van der Waals surface area contributed by atoms with Crippen LogP contribution in [-0.2, 0) is 28.6 Å². The summed E-state index contributed by atoms with van der Waals surface area (Å²) in [6, 6.07) is 0. The maximum atomic E-state index is 13.0. The van der Waals surface area contributed by atoms with Crippen molar-refractivity contribution in [2.45, 2.75) is 374 Å². The van der Waals surface area contributed by atoms with E-state index in [0.29, 0.717) is 19.3 Å². The highest BCUT2D eigenvalue weighted by atomic mass is 16.6. The van der Waals surface area contributed by atoms with Gasteiger partial charge in [0.05, 0.1) is 0 Å². The van der Waals surface area contributed by atoms with Crippen molar-refractivity contribution < 1.29 is 28.6 Å². The molecule has 0 aliphatic heterocycles. The van der Waals surface area contributed by atoms with Crippen molar-refractivity contribution in [3.05, 3.63) is 72.9 Å². The second-order valence-electron chi connectivity index (χ2n) is 23.8. The van der Waals surface area contributed by atoms with Gasteiger partial charge in [0.25, 0.3) is 0 Å². The maximum absolute atomic E-state index is 13.0. The maximum Gasteiger partial charge on any atom is 0.306 e. The number of rotatable bonds is 65. The van der Waals surface area contributed by atoms with Crippen LogP contribution in [0.15, 0.2) is 72.9 Å². The molecule has 0 spiro atoms.